The van der Waals surface area contributed by atoms with Gasteiger partial charge in [-0.15, -0.1) is 0 Å². The average Bonchev–Trinajstić information content (AvgIpc) is 2.41. The van der Waals surface area contributed by atoms with Crippen LogP contribution in [0.5, 0.6) is 0 Å². The number of thiocarbonyl (C=S) groups is 1. The second-order valence-corrected chi connectivity index (χ2v) is 5.45. The van der Waals surface area contributed by atoms with Gasteiger partial charge in [-0.1, -0.05) is 42.0 Å². The zero-order valence-electron chi connectivity index (χ0n) is 12.1. The Morgan fingerprint density at radius 3 is 2.30 bits per heavy atom. The highest BCUT2D eigenvalue weighted by Crippen LogP contribution is 2.17. The molecule has 3 heteroatoms. The standard InChI is InChI=1S/C17H20N2S/c1-12-8-10-15(11-9-12)19-17(20)18-14(3)16-7-5-4-6-13(16)2/h4-11,14H,1-3H3,(H2,18,19,20)/t14-/m1/s1. The number of aryl methyl sites for hydroxylation is 2. The van der Waals surface area contributed by atoms with Gasteiger partial charge >= 0.3 is 0 Å². The Labute approximate surface area is 126 Å². The fraction of sp³-hybridized carbons (Fsp3) is 0.235. The van der Waals surface area contributed by atoms with Crippen molar-refractivity contribution in [3.63, 3.8) is 0 Å². The molecule has 0 unspecified atom stereocenters. The molecule has 0 saturated heterocycles. The predicted octanol–water partition coefficient (Wildman–Crippen LogP) is 4.35. The molecule has 2 aromatic rings. The second kappa shape index (κ2) is 6.53. The minimum absolute atomic E-state index is 0.182. The molecular formula is C17H20N2S. The van der Waals surface area contributed by atoms with E-state index in [0.717, 1.165) is 5.69 Å². The summed E-state index contributed by atoms with van der Waals surface area (Å²) in [4.78, 5) is 0. The van der Waals surface area contributed by atoms with E-state index in [1.54, 1.807) is 0 Å². The van der Waals surface area contributed by atoms with Crippen LogP contribution in [-0.2, 0) is 0 Å². The van der Waals surface area contributed by atoms with Gasteiger partial charge in [0.15, 0.2) is 5.11 Å². The number of benzene rings is 2. The highest BCUT2D eigenvalue weighted by Gasteiger charge is 2.08. The Morgan fingerprint density at radius 2 is 1.65 bits per heavy atom. The molecule has 2 nitrogen and oxygen atoms in total. The molecule has 2 rings (SSSR count). The first-order chi connectivity index (χ1) is 9.56. The van der Waals surface area contributed by atoms with Gasteiger partial charge in [0, 0.05) is 5.69 Å². The largest absolute Gasteiger partial charge is 0.356 e. The first-order valence-corrected chi connectivity index (χ1v) is 7.17. The van der Waals surface area contributed by atoms with E-state index in [4.69, 9.17) is 12.2 Å². The highest BCUT2D eigenvalue weighted by molar-refractivity contribution is 7.80. The molecule has 0 aliphatic carbocycles. The van der Waals surface area contributed by atoms with Crippen molar-refractivity contribution in [3.8, 4) is 0 Å². The van der Waals surface area contributed by atoms with E-state index in [1.807, 2.05) is 12.1 Å². The summed E-state index contributed by atoms with van der Waals surface area (Å²) in [5.74, 6) is 0. The van der Waals surface area contributed by atoms with Crippen LogP contribution >= 0.6 is 12.2 Å². The lowest BCUT2D eigenvalue weighted by Crippen LogP contribution is -2.31. The van der Waals surface area contributed by atoms with Crippen molar-refractivity contribution in [2.24, 2.45) is 0 Å². The summed E-state index contributed by atoms with van der Waals surface area (Å²) in [7, 11) is 0. The molecule has 1 atom stereocenters. The van der Waals surface area contributed by atoms with E-state index in [9.17, 15) is 0 Å². The van der Waals surface area contributed by atoms with Crippen molar-refractivity contribution in [2.75, 3.05) is 5.32 Å². The van der Waals surface area contributed by atoms with Crippen molar-refractivity contribution in [2.45, 2.75) is 26.8 Å². The molecule has 0 aliphatic rings. The molecule has 0 aliphatic heterocycles. The van der Waals surface area contributed by atoms with Gasteiger partial charge < -0.3 is 10.6 Å². The van der Waals surface area contributed by atoms with E-state index in [-0.39, 0.29) is 6.04 Å². The normalized spacial score (nSPS) is 11.8. The second-order valence-electron chi connectivity index (χ2n) is 5.04. The third-order valence-electron chi connectivity index (χ3n) is 3.31. The van der Waals surface area contributed by atoms with Crippen LogP contribution < -0.4 is 10.6 Å². The smallest absolute Gasteiger partial charge is 0.171 e. The molecule has 0 heterocycles. The Morgan fingerprint density at radius 1 is 1.00 bits per heavy atom. The molecule has 0 saturated carbocycles. The zero-order chi connectivity index (χ0) is 14.5. The molecule has 0 aromatic heterocycles. The number of nitrogens with one attached hydrogen (secondary N) is 2. The topological polar surface area (TPSA) is 24.1 Å². The van der Waals surface area contributed by atoms with E-state index >= 15 is 0 Å². The van der Waals surface area contributed by atoms with E-state index in [2.05, 4.69) is 67.8 Å². The molecule has 0 fully saturated rings. The van der Waals surface area contributed by atoms with Gasteiger partial charge in [0.05, 0.1) is 6.04 Å². The lowest BCUT2D eigenvalue weighted by Gasteiger charge is -2.19. The van der Waals surface area contributed by atoms with Crippen LogP contribution in [0.2, 0.25) is 0 Å². The molecular weight excluding hydrogens is 264 g/mol. The SMILES string of the molecule is Cc1ccc(NC(=S)N[C@H](C)c2ccccc2C)cc1. The molecule has 0 bridgehead atoms. The Balaban J connectivity index is 1.98. The summed E-state index contributed by atoms with van der Waals surface area (Å²) in [6.45, 7) is 6.30. The van der Waals surface area contributed by atoms with Crippen LogP contribution in [0.3, 0.4) is 0 Å². The summed E-state index contributed by atoms with van der Waals surface area (Å²) < 4.78 is 0. The predicted molar refractivity (Wildman–Crippen MR) is 90.1 cm³/mol. The van der Waals surface area contributed by atoms with Crippen LogP contribution in [0.15, 0.2) is 48.5 Å². The van der Waals surface area contributed by atoms with Crippen LogP contribution in [0.4, 0.5) is 5.69 Å². The van der Waals surface area contributed by atoms with Crippen molar-refractivity contribution in [1.29, 1.82) is 0 Å². The summed E-state index contributed by atoms with van der Waals surface area (Å²) >= 11 is 5.37. The molecule has 2 N–H and O–H groups in total. The monoisotopic (exact) mass is 284 g/mol. The fourth-order valence-corrected chi connectivity index (χ4v) is 2.45. The van der Waals surface area contributed by atoms with Crippen molar-refractivity contribution in [3.05, 3.63) is 65.2 Å². The lowest BCUT2D eigenvalue weighted by atomic mass is 10.0. The van der Waals surface area contributed by atoms with Gasteiger partial charge in [-0.25, -0.2) is 0 Å². The average molecular weight is 284 g/mol. The van der Waals surface area contributed by atoms with Gasteiger partial charge in [-0.05, 0) is 56.2 Å². The van der Waals surface area contributed by atoms with E-state index in [1.165, 1.54) is 16.7 Å². The first-order valence-electron chi connectivity index (χ1n) is 6.76. The number of hydrogen-bond acceptors (Lipinski definition) is 1. The molecule has 0 spiro atoms. The molecule has 104 valence electrons. The molecule has 0 radical (unpaired) electrons. The molecule has 2 aromatic carbocycles. The summed E-state index contributed by atoms with van der Waals surface area (Å²) in [5, 5.41) is 7.17. The lowest BCUT2D eigenvalue weighted by molar-refractivity contribution is 0.717. The quantitative estimate of drug-likeness (QED) is 0.819. The minimum Gasteiger partial charge on any atom is -0.356 e. The molecule has 20 heavy (non-hydrogen) atoms. The van der Waals surface area contributed by atoms with Gasteiger partial charge in [0.2, 0.25) is 0 Å². The maximum Gasteiger partial charge on any atom is 0.171 e. The number of rotatable bonds is 3. The Hall–Kier alpha value is -1.87. The zero-order valence-corrected chi connectivity index (χ0v) is 12.9. The van der Waals surface area contributed by atoms with Crippen LogP contribution in [0, 0.1) is 13.8 Å². The third kappa shape index (κ3) is 3.81. The van der Waals surface area contributed by atoms with Crippen molar-refractivity contribution < 1.29 is 0 Å². The van der Waals surface area contributed by atoms with Crippen LogP contribution in [0.25, 0.3) is 0 Å². The highest BCUT2D eigenvalue weighted by atomic mass is 32.1. The van der Waals surface area contributed by atoms with Gasteiger partial charge in [-0.3, -0.25) is 0 Å². The van der Waals surface area contributed by atoms with Gasteiger partial charge in [0.1, 0.15) is 0 Å². The van der Waals surface area contributed by atoms with E-state index < -0.39 is 0 Å². The van der Waals surface area contributed by atoms with Gasteiger partial charge in [0.25, 0.3) is 0 Å². The Bertz CT molecular complexity index is 590. The molecule has 0 amide bonds. The maximum atomic E-state index is 5.37. The minimum atomic E-state index is 0.182. The van der Waals surface area contributed by atoms with Crippen LogP contribution in [-0.4, -0.2) is 5.11 Å². The van der Waals surface area contributed by atoms with Crippen LogP contribution in [0.1, 0.15) is 29.7 Å². The summed E-state index contributed by atoms with van der Waals surface area (Å²) in [6, 6.07) is 16.7. The summed E-state index contributed by atoms with van der Waals surface area (Å²) in [5.41, 5.74) is 4.78. The summed E-state index contributed by atoms with van der Waals surface area (Å²) in [6.07, 6.45) is 0. The number of anilines is 1. The van der Waals surface area contributed by atoms with Crippen molar-refractivity contribution >= 4 is 23.0 Å². The van der Waals surface area contributed by atoms with Gasteiger partial charge in [-0.2, -0.15) is 0 Å². The number of hydrogen-bond donors (Lipinski definition) is 2. The Kier molecular flexibility index (Phi) is 4.74. The fourth-order valence-electron chi connectivity index (χ4n) is 2.15. The first kappa shape index (κ1) is 14.5. The maximum absolute atomic E-state index is 5.37. The van der Waals surface area contributed by atoms with E-state index in [0.29, 0.717) is 5.11 Å². The van der Waals surface area contributed by atoms with Crippen molar-refractivity contribution in [1.82, 2.24) is 5.32 Å². The third-order valence-corrected chi connectivity index (χ3v) is 3.53.